The Hall–Kier alpha value is -4.10. The number of anilines is 1. The third kappa shape index (κ3) is 3.74. The van der Waals surface area contributed by atoms with Gasteiger partial charge in [-0.2, -0.15) is 0 Å². The fraction of sp³-hybridized carbons (Fsp3) is 0.0833. The summed E-state index contributed by atoms with van der Waals surface area (Å²) in [6.45, 7) is 0.106. The summed E-state index contributed by atoms with van der Waals surface area (Å²) in [7, 11) is 0. The first-order valence-electron chi connectivity index (χ1n) is 9.78. The number of hydrogen-bond donors (Lipinski definition) is 2. The Morgan fingerprint density at radius 3 is 2.68 bits per heavy atom. The van der Waals surface area contributed by atoms with Crippen molar-refractivity contribution in [1.82, 2.24) is 0 Å². The van der Waals surface area contributed by atoms with Crippen LogP contribution in [-0.2, 0) is 4.79 Å². The second kappa shape index (κ2) is 7.97. The van der Waals surface area contributed by atoms with Gasteiger partial charge in [-0.15, -0.1) is 0 Å². The van der Waals surface area contributed by atoms with Crippen molar-refractivity contribution in [2.45, 2.75) is 0 Å². The lowest BCUT2D eigenvalue weighted by Gasteiger charge is -2.08. The third-order valence-electron chi connectivity index (χ3n) is 4.91. The van der Waals surface area contributed by atoms with Gasteiger partial charge < -0.3 is 24.9 Å². The molecule has 0 aliphatic carbocycles. The number of hydrogen-bond acceptors (Lipinski definition) is 6. The molecule has 0 saturated carbocycles. The highest BCUT2D eigenvalue weighted by atomic mass is 16.7. The van der Waals surface area contributed by atoms with Crippen molar-refractivity contribution in [3.63, 3.8) is 0 Å². The van der Waals surface area contributed by atoms with Crippen molar-refractivity contribution >= 4 is 28.3 Å². The summed E-state index contributed by atoms with van der Waals surface area (Å²) in [4.78, 5) is 16.7. The molecule has 154 valence electrons. The van der Waals surface area contributed by atoms with E-state index in [1.807, 2.05) is 66.7 Å². The predicted molar refractivity (Wildman–Crippen MR) is 117 cm³/mol. The lowest BCUT2D eigenvalue weighted by atomic mass is 10.1. The smallest absolute Gasteiger partial charge is 0.238 e. The lowest BCUT2D eigenvalue weighted by molar-refractivity contribution is -0.114. The van der Waals surface area contributed by atoms with Crippen LogP contribution in [0.3, 0.4) is 0 Å². The summed E-state index contributed by atoms with van der Waals surface area (Å²) >= 11 is 0. The van der Waals surface area contributed by atoms with Crippen LogP contribution < -0.4 is 25.9 Å². The molecule has 0 atom stereocenters. The van der Waals surface area contributed by atoms with Gasteiger partial charge >= 0.3 is 0 Å². The Bertz CT molecular complexity index is 1360. The topological polar surface area (TPSA) is 99.1 Å². The maximum atomic E-state index is 11.8. The number of carbonyl (C=O) groups excluding carboxylic acids is 1. The zero-order chi connectivity index (χ0) is 21.2. The van der Waals surface area contributed by atoms with E-state index in [1.54, 1.807) is 6.07 Å². The molecule has 2 heterocycles. The van der Waals surface area contributed by atoms with Crippen LogP contribution in [0.15, 0.2) is 82.2 Å². The van der Waals surface area contributed by atoms with Gasteiger partial charge in [0.1, 0.15) is 11.3 Å². The SMILES string of the molecule is NCC(=O)Nc1ccccc1N=c1cc(-c2ccc3c(c2)OCO3)oc2ccccc12. The highest BCUT2D eigenvalue weighted by Crippen LogP contribution is 2.36. The Kier molecular flexibility index (Phi) is 4.86. The number of carbonyl (C=O) groups is 1. The molecule has 0 spiro atoms. The second-order valence-electron chi connectivity index (χ2n) is 6.94. The van der Waals surface area contributed by atoms with Gasteiger partial charge in [0.25, 0.3) is 0 Å². The van der Waals surface area contributed by atoms with E-state index in [9.17, 15) is 4.79 Å². The van der Waals surface area contributed by atoms with Gasteiger partial charge in [0.15, 0.2) is 11.5 Å². The van der Waals surface area contributed by atoms with E-state index in [4.69, 9.17) is 24.6 Å². The highest BCUT2D eigenvalue weighted by molar-refractivity contribution is 5.94. The van der Waals surface area contributed by atoms with Crippen LogP contribution in [0.1, 0.15) is 0 Å². The molecule has 0 fully saturated rings. The van der Waals surface area contributed by atoms with Gasteiger partial charge in [0, 0.05) is 17.0 Å². The van der Waals surface area contributed by atoms with Gasteiger partial charge in [-0.05, 0) is 42.5 Å². The van der Waals surface area contributed by atoms with E-state index in [1.165, 1.54) is 0 Å². The normalized spacial score (nSPS) is 12.9. The quantitative estimate of drug-likeness (QED) is 0.528. The average molecular weight is 413 g/mol. The van der Waals surface area contributed by atoms with Crippen LogP contribution in [-0.4, -0.2) is 19.2 Å². The van der Waals surface area contributed by atoms with Crippen LogP contribution in [0, 0.1) is 0 Å². The summed E-state index contributed by atoms with van der Waals surface area (Å²) in [6.07, 6.45) is 0. The Balaban J connectivity index is 1.68. The minimum Gasteiger partial charge on any atom is -0.456 e. The number of nitrogens with one attached hydrogen (secondary N) is 1. The molecule has 3 N–H and O–H groups in total. The van der Waals surface area contributed by atoms with Gasteiger partial charge in [0.05, 0.1) is 23.3 Å². The Morgan fingerprint density at radius 2 is 1.77 bits per heavy atom. The van der Waals surface area contributed by atoms with E-state index < -0.39 is 0 Å². The van der Waals surface area contributed by atoms with Gasteiger partial charge in [0.2, 0.25) is 12.7 Å². The zero-order valence-corrected chi connectivity index (χ0v) is 16.5. The van der Waals surface area contributed by atoms with Crippen LogP contribution in [0.25, 0.3) is 22.3 Å². The molecule has 3 aromatic carbocycles. The molecule has 0 saturated heterocycles. The monoisotopic (exact) mass is 413 g/mol. The molecule has 4 aromatic rings. The third-order valence-corrected chi connectivity index (χ3v) is 4.91. The summed E-state index contributed by atoms with van der Waals surface area (Å²) in [5, 5.41) is 4.36. The number of benzene rings is 3. The minimum atomic E-state index is -0.281. The Labute approximate surface area is 177 Å². The summed E-state index contributed by atoms with van der Waals surface area (Å²) in [5.74, 6) is 1.74. The number of ether oxygens (including phenoxy) is 2. The fourth-order valence-electron chi connectivity index (χ4n) is 3.41. The van der Waals surface area contributed by atoms with Crippen LogP contribution in [0.2, 0.25) is 0 Å². The van der Waals surface area contributed by atoms with Crippen LogP contribution in [0.5, 0.6) is 11.5 Å². The second-order valence-corrected chi connectivity index (χ2v) is 6.94. The van der Waals surface area contributed by atoms with Crippen LogP contribution >= 0.6 is 0 Å². The van der Waals surface area contributed by atoms with Crippen molar-refractivity contribution in [3.05, 3.63) is 78.2 Å². The molecular weight excluding hydrogens is 394 g/mol. The molecule has 0 bridgehead atoms. The first-order chi connectivity index (χ1) is 15.2. The largest absolute Gasteiger partial charge is 0.456 e. The molecule has 7 nitrogen and oxygen atoms in total. The minimum absolute atomic E-state index is 0.101. The number of rotatable bonds is 4. The van der Waals surface area contributed by atoms with E-state index in [-0.39, 0.29) is 19.2 Å². The Morgan fingerprint density at radius 1 is 0.968 bits per heavy atom. The molecule has 1 aliphatic heterocycles. The lowest BCUT2D eigenvalue weighted by Crippen LogP contribution is -2.21. The summed E-state index contributed by atoms with van der Waals surface area (Å²) in [5.41, 5.74) is 8.20. The molecule has 31 heavy (non-hydrogen) atoms. The van der Waals surface area contributed by atoms with Crippen molar-refractivity contribution in [2.75, 3.05) is 18.7 Å². The number of nitrogens with zero attached hydrogens (tertiary/aromatic N) is 1. The molecule has 1 amide bonds. The molecule has 0 unspecified atom stereocenters. The summed E-state index contributed by atoms with van der Waals surface area (Å²) < 4.78 is 17.1. The van der Waals surface area contributed by atoms with E-state index in [2.05, 4.69) is 5.32 Å². The molecule has 7 heteroatoms. The molecular formula is C24H19N3O4. The fourth-order valence-corrected chi connectivity index (χ4v) is 3.41. The van der Waals surface area contributed by atoms with Gasteiger partial charge in [-0.1, -0.05) is 24.3 Å². The number of amides is 1. The van der Waals surface area contributed by atoms with Crippen molar-refractivity contribution in [2.24, 2.45) is 10.7 Å². The highest BCUT2D eigenvalue weighted by Gasteiger charge is 2.15. The van der Waals surface area contributed by atoms with E-state index in [0.29, 0.717) is 39.6 Å². The number of para-hydroxylation sites is 3. The predicted octanol–water partition coefficient (Wildman–Crippen LogP) is 3.96. The summed E-state index contributed by atoms with van der Waals surface area (Å²) in [6, 6.07) is 22.6. The maximum Gasteiger partial charge on any atom is 0.238 e. The van der Waals surface area contributed by atoms with Gasteiger partial charge in [-0.25, -0.2) is 4.99 Å². The molecule has 0 radical (unpaired) electrons. The van der Waals surface area contributed by atoms with Crippen molar-refractivity contribution < 1.29 is 18.7 Å². The molecule has 1 aliphatic rings. The first kappa shape index (κ1) is 18.9. The van der Waals surface area contributed by atoms with Crippen molar-refractivity contribution in [1.29, 1.82) is 0 Å². The van der Waals surface area contributed by atoms with E-state index in [0.717, 1.165) is 10.9 Å². The molecule has 5 rings (SSSR count). The number of nitrogens with two attached hydrogens (primary N) is 1. The van der Waals surface area contributed by atoms with Crippen LogP contribution in [0.4, 0.5) is 11.4 Å². The average Bonchev–Trinajstić information content (AvgIpc) is 3.28. The van der Waals surface area contributed by atoms with Gasteiger partial charge in [-0.3, -0.25) is 4.79 Å². The first-order valence-corrected chi connectivity index (χ1v) is 9.78. The zero-order valence-electron chi connectivity index (χ0n) is 16.5. The maximum absolute atomic E-state index is 11.8. The number of fused-ring (bicyclic) bond motifs is 2. The van der Waals surface area contributed by atoms with Crippen molar-refractivity contribution in [3.8, 4) is 22.8 Å². The standard InChI is InChI=1S/C24H19N3O4/c25-13-24(28)27-18-7-3-2-6-17(18)26-19-12-22(31-20-8-4-1-5-16(19)20)15-9-10-21-23(11-15)30-14-29-21/h1-12H,13-14,25H2,(H,27,28). The van der Waals surface area contributed by atoms with E-state index >= 15 is 0 Å². The molecule has 1 aromatic heterocycles.